The van der Waals surface area contributed by atoms with Crippen LogP contribution in [-0.4, -0.2) is 21.0 Å². The molecule has 24 heavy (non-hydrogen) atoms. The molecule has 0 spiro atoms. The van der Waals surface area contributed by atoms with Gasteiger partial charge in [0.15, 0.2) is 0 Å². The fourth-order valence-corrected chi connectivity index (χ4v) is 3.00. The van der Waals surface area contributed by atoms with Crippen LogP contribution in [0.2, 0.25) is 0 Å². The van der Waals surface area contributed by atoms with Crippen LogP contribution in [0.3, 0.4) is 0 Å². The Bertz CT molecular complexity index is 810. The molecule has 2 aromatic carbocycles. The summed E-state index contributed by atoms with van der Waals surface area (Å²) >= 11 is 2.45. The van der Waals surface area contributed by atoms with Crippen LogP contribution >= 0.6 is 22.6 Å². The second-order valence-corrected chi connectivity index (χ2v) is 7.27. The molecule has 3 rings (SSSR count). The van der Waals surface area contributed by atoms with E-state index in [2.05, 4.69) is 70.7 Å². The summed E-state index contributed by atoms with van der Waals surface area (Å²) in [5.74, 6) is 0.656. The zero-order chi connectivity index (χ0) is 17.0. The van der Waals surface area contributed by atoms with Gasteiger partial charge < -0.3 is 4.74 Å². The van der Waals surface area contributed by atoms with Crippen molar-refractivity contribution in [3.05, 3.63) is 66.0 Å². The monoisotopic (exact) mass is 432 g/mol. The maximum atomic E-state index is 5.89. The van der Waals surface area contributed by atoms with Crippen LogP contribution in [-0.2, 0) is 11.8 Å². The van der Waals surface area contributed by atoms with Crippen LogP contribution in [0.25, 0.3) is 10.9 Å². The van der Waals surface area contributed by atoms with E-state index < -0.39 is 0 Å². The van der Waals surface area contributed by atoms with E-state index in [-0.39, 0.29) is 5.41 Å². The summed E-state index contributed by atoms with van der Waals surface area (Å²) in [5, 5.41) is 0.958. The van der Waals surface area contributed by atoms with Crippen molar-refractivity contribution < 1.29 is 4.74 Å². The van der Waals surface area contributed by atoms with Gasteiger partial charge in [0, 0.05) is 10.8 Å². The molecule has 1 heterocycles. The van der Waals surface area contributed by atoms with Gasteiger partial charge in [-0.2, -0.15) is 0 Å². The van der Waals surface area contributed by atoms with E-state index in [1.54, 1.807) is 6.33 Å². The van der Waals surface area contributed by atoms with Crippen molar-refractivity contribution in [1.29, 1.82) is 0 Å². The van der Waals surface area contributed by atoms with E-state index in [4.69, 9.17) is 4.74 Å². The van der Waals surface area contributed by atoms with Crippen molar-refractivity contribution in [2.45, 2.75) is 25.7 Å². The third kappa shape index (κ3) is 3.86. The Morgan fingerprint density at radius 1 is 1.00 bits per heavy atom. The fraction of sp³-hybridized carbons (Fsp3) is 0.300. The van der Waals surface area contributed by atoms with Gasteiger partial charge in [-0.25, -0.2) is 9.97 Å². The molecule has 0 N–H and O–H groups in total. The highest BCUT2D eigenvalue weighted by Crippen LogP contribution is 2.26. The molecule has 124 valence electrons. The molecule has 4 heteroatoms. The molecule has 0 radical (unpaired) electrons. The number of ether oxygens (including phenoxy) is 1. The number of rotatable bonds is 6. The number of nitrogens with zero attached hydrogens (tertiary/aromatic N) is 2. The predicted octanol–water partition coefficient (Wildman–Crippen LogP) is 4.96. The van der Waals surface area contributed by atoms with Crippen molar-refractivity contribution in [2.24, 2.45) is 0 Å². The summed E-state index contributed by atoms with van der Waals surface area (Å²) in [5.41, 5.74) is 3.78. The number of hydrogen-bond donors (Lipinski definition) is 0. The lowest BCUT2D eigenvalue weighted by molar-refractivity contribution is 0.313. The van der Waals surface area contributed by atoms with Crippen LogP contribution < -0.4 is 4.74 Å². The molecule has 0 fully saturated rings. The van der Waals surface area contributed by atoms with Crippen molar-refractivity contribution in [1.82, 2.24) is 9.97 Å². The lowest BCUT2D eigenvalue weighted by Crippen LogP contribution is -2.18. The molecule has 0 saturated carbocycles. The molecule has 0 aliphatic heterocycles. The number of halogens is 1. The summed E-state index contributed by atoms with van der Waals surface area (Å²) in [4.78, 5) is 8.52. The van der Waals surface area contributed by atoms with Gasteiger partial charge in [-0.15, -0.1) is 0 Å². The Morgan fingerprint density at radius 3 is 2.50 bits per heavy atom. The number of aromatic nitrogens is 2. The van der Waals surface area contributed by atoms with Crippen LogP contribution in [0.1, 0.15) is 25.0 Å². The summed E-state index contributed by atoms with van der Waals surface area (Å²) in [7, 11) is 0. The first-order valence-electron chi connectivity index (χ1n) is 8.08. The number of para-hydroxylation sites is 1. The fourth-order valence-electron chi connectivity index (χ4n) is 2.56. The molecule has 0 unspecified atom stereocenters. The molecule has 1 aromatic heterocycles. The summed E-state index contributed by atoms with van der Waals surface area (Å²) in [6.45, 7) is 5.16. The number of fused-ring (bicyclic) bond motifs is 1. The smallest absolute Gasteiger partial charge is 0.224 e. The largest absolute Gasteiger partial charge is 0.477 e. The summed E-state index contributed by atoms with van der Waals surface area (Å²) in [6.07, 6.45) is 2.42. The molecule has 0 amide bonds. The van der Waals surface area contributed by atoms with E-state index in [0.717, 1.165) is 21.8 Å². The minimum Gasteiger partial charge on any atom is -0.477 e. The van der Waals surface area contributed by atoms with Gasteiger partial charge in [-0.3, -0.25) is 0 Å². The van der Waals surface area contributed by atoms with E-state index in [1.165, 1.54) is 11.1 Å². The second-order valence-electron chi connectivity index (χ2n) is 6.51. The minimum atomic E-state index is 0.218. The molecule has 3 nitrogen and oxygen atoms in total. The van der Waals surface area contributed by atoms with Crippen molar-refractivity contribution >= 4 is 33.5 Å². The van der Waals surface area contributed by atoms with Crippen LogP contribution in [0, 0.1) is 0 Å². The standard InChI is InChI=1S/C20H21IN2O/c1-20(2,13-21)16-9-7-15(8-10-16)11-12-24-19-17-5-3-4-6-18(17)22-14-23-19/h3-10,14H,11-13H2,1-2H3. The summed E-state index contributed by atoms with van der Waals surface area (Å²) < 4.78 is 6.99. The van der Waals surface area contributed by atoms with Crippen LogP contribution in [0.5, 0.6) is 5.88 Å². The normalized spacial score (nSPS) is 11.6. The Kier molecular flexibility index (Phi) is 5.33. The van der Waals surface area contributed by atoms with Gasteiger partial charge in [-0.1, -0.05) is 72.8 Å². The zero-order valence-electron chi connectivity index (χ0n) is 14.0. The summed E-state index contributed by atoms with van der Waals surface area (Å²) in [6, 6.07) is 16.8. The average Bonchev–Trinajstić information content (AvgIpc) is 2.62. The van der Waals surface area contributed by atoms with Gasteiger partial charge in [0.05, 0.1) is 17.5 Å². The van der Waals surface area contributed by atoms with Crippen LogP contribution in [0.15, 0.2) is 54.9 Å². The van der Waals surface area contributed by atoms with E-state index >= 15 is 0 Å². The molecule has 0 bridgehead atoms. The first kappa shape index (κ1) is 17.1. The number of hydrogen-bond acceptors (Lipinski definition) is 3. The molecule has 0 aliphatic rings. The highest BCUT2D eigenvalue weighted by molar-refractivity contribution is 14.1. The molecular formula is C20H21IN2O. The predicted molar refractivity (Wildman–Crippen MR) is 107 cm³/mol. The van der Waals surface area contributed by atoms with E-state index in [0.29, 0.717) is 12.5 Å². The van der Waals surface area contributed by atoms with Gasteiger partial charge in [0.2, 0.25) is 5.88 Å². The highest BCUT2D eigenvalue weighted by atomic mass is 127. The SMILES string of the molecule is CC(C)(CI)c1ccc(CCOc2ncnc3ccccc23)cc1. The highest BCUT2D eigenvalue weighted by Gasteiger charge is 2.18. The van der Waals surface area contributed by atoms with Crippen molar-refractivity contribution in [2.75, 3.05) is 11.0 Å². The number of alkyl halides is 1. The molecule has 0 atom stereocenters. The zero-order valence-corrected chi connectivity index (χ0v) is 16.2. The number of benzene rings is 2. The third-order valence-corrected chi connectivity index (χ3v) is 6.11. The molecule has 0 aliphatic carbocycles. The lowest BCUT2D eigenvalue weighted by Gasteiger charge is -2.22. The van der Waals surface area contributed by atoms with Crippen molar-refractivity contribution in [3.63, 3.8) is 0 Å². The average molecular weight is 432 g/mol. The van der Waals surface area contributed by atoms with Gasteiger partial charge >= 0.3 is 0 Å². The van der Waals surface area contributed by atoms with Gasteiger partial charge in [0.1, 0.15) is 6.33 Å². The topological polar surface area (TPSA) is 35.0 Å². The Morgan fingerprint density at radius 2 is 1.75 bits per heavy atom. The Hall–Kier alpha value is -1.69. The Balaban J connectivity index is 1.64. The first-order chi connectivity index (χ1) is 11.6. The minimum absolute atomic E-state index is 0.218. The quantitative estimate of drug-likeness (QED) is 0.408. The van der Waals surface area contributed by atoms with Crippen molar-refractivity contribution in [3.8, 4) is 5.88 Å². The van der Waals surface area contributed by atoms with E-state index in [9.17, 15) is 0 Å². The molecular weight excluding hydrogens is 411 g/mol. The second kappa shape index (κ2) is 7.47. The third-order valence-electron chi connectivity index (χ3n) is 4.21. The maximum Gasteiger partial charge on any atom is 0.224 e. The Labute approximate surface area is 156 Å². The molecule has 0 saturated heterocycles. The first-order valence-corrected chi connectivity index (χ1v) is 9.61. The molecule has 3 aromatic rings. The lowest BCUT2D eigenvalue weighted by atomic mass is 9.86. The van der Waals surface area contributed by atoms with Gasteiger partial charge in [-0.05, 0) is 28.7 Å². The van der Waals surface area contributed by atoms with Crippen LogP contribution in [0.4, 0.5) is 0 Å². The van der Waals surface area contributed by atoms with Gasteiger partial charge in [0.25, 0.3) is 0 Å². The maximum absolute atomic E-state index is 5.89. The van der Waals surface area contributed by atoms with E-state index in [1.807, 2.05) is 24.3 Å².